The number of aromatic nitrogens is 3. The SMILES string of the molecule is CCCOc1nc(Cl)nc(NC2CCCC2SC)n1. The van der Waals surface area contributed by atoms with E-state index in [-0.39, 0.29) is 5.28 Å². The fourth-order valence-electron chi connectivity index (χ4n) is 2.19. The van der Waals surface area contributed by atoms with Gasteiger partial charge in [0.05, 0.1) is 6.61 Å². The van der Waals surface area contributed by atoms with E-state index in [1.807, 2.05) is 18.7 Å². The number of anilines is 1. The molecule has 1 saturated carbocycles. The molecule has 0 radical (unpaired) electrons. The molecule has 2 rings (SSSR count). The van der Waals surface area contributed by atoms with Crippen molar-refractivity contribution in [3.05, 3.63) is 5.28 Å². The van der Waals surface area contributed by atoms with Gasteiger partial charge in [-0.25, -0.2) is 0 Å². The third kappa shape index (κ3) is 4.11. The number of nitrogens with one attached hydrogen (secondary N) is 1. The number of ether oxygens (including phenoxy) is 1. The molecule has 1 heterocycles. The van der Waals surface area contributed by atoms with Gasteiger partial charge in [-0.3, -0.25) is 0 Å². The van der Waals surface area contributed by atoms with Crippen LogP contribution in [0, 0.1) is 0 Å². The Morgan fingerprint density at radius 2 is 2.21 bits per heavy atom. The monoisotopic (exact) mass is 302 g/mol. The third-order valence-corrected chi connectivity index (χ3v) is 4.43. The van der Waals surface area contributed by atoms with Crippen molar-refractivity contribution >= 4 is 29.3 Å². The van der Waals surface area contributed by atoms with Gasteiger partial charge >= 0.3 is 6.01 Å². The minimum atomic E-state index is 0.169. The molecule has 1 aliphatic carbocycles. The lowest BCUT2D eigenvalue weighted by molar-refractivity contribution is 0.291. The van der Waals surface area contributed by atoms with Crippen molar-refractivity contribution in [3.63, 3.8) is 0 Å². The molecule has 0 saturated heterocycles. The number of halogens is 1. The molecule has 19 heavy (non-hydrogen) atoms. The fourth-order valence-corrected chi connectivity index (χ4v) is 3.28. The number of rotatable bonds is 6. The summed E-state index contributed by atoms with van der Waals surface area (Å²) in [6, 6.07) is 0.690. The summed E-state index contributed by atoms with van der Waals surface area (Å²) >= 11 is 7.78. The predicted molar refractivity (Wildman–Crippen MR) is 79.2 cm³/mol. The molecule has 5 nitrogen and oxygen atoms in total. The van der Waals surface area contributed by atoms with E-state index in [0.717, 1.165) is 12.8 Å². The first-order valence-electron chi connectivity index (χ1n) is 6.56. The molecule has 1 aliphatic rings. The second-order valence-electron chi connectivity index (χ2n) is 4.51. The summed E-state index contributed by atoms with van der Waals surface area (Å²) in [5.74, 6) is 0.511. The molecule has 1 fully saturated rings. The van der Waals surface area contributed by atoms with E-state index in [1.54, 1.807) is 0 Å². The minimum absolute atomic E-state index is 0.169. The summed E-state index contributed by atoms with van der Waals surface area (Å²) in [5, 5.41) is 4.13. The van der Waals surface area contributed by atoms with Gasteiger partial charge in [-0.15, -0.1) is 0 Å². The number of nitrogens with zero attached hydrogens (tertiary/aromatic N) is 3. The summed E-state index contributed by atoms with van der Waals surface area (Å²) < 4.78 is 5.40. The van der Waals surface area contributed by atoms with Gasteiger partial charge in [-0.05, 0) is 37.1 Å². The number of hydrogen-bond donors (Lipinski definition) is 1. The summed E-state index contributed by atoms with van der Waals surface area (Å²) in [6.45, 7) is 2.61. The van der Waals surface area contributed by atoms with E-state index in [0.29, 0.717) is 29.9 Å². The van der Waals surface area contributed by atoms with Crippen molar-refractivity contribution in [2.45, 2.75) is 43.9 Å². The quantitative estimate of drug-likeness (QED) is 0.871. The minimum Gasteiger partial charge on any atom is -0.463 e. The Kier molecular flexibility index (Phi) is 5.51. The highest BCUT2D eigenvalue weighted by molar-refractivity contribution is 7.99. The van der Waals surface area contributed by atoms with Crippen molar-refractivity contribution < 1.29 is 4.74 Å². The van der Waals surface area contributed by atoms with Crippen molar-refractivity contribution in [1.82, 2.24) is 15.0 Å². The normalized spacial score (nSPS) is 22.5. The lowest BCUT2D eigenvalue weighted by atomic mass is 10.2. The van der Waals surface area contributed by atoms with Crippen LogP contribution < -0.4 is 10.1 Å². The van der Waals surface area contributed by atoms with Crippen LogP contribution in [0.2, 0.25) is 5.28 Å². The Labute approximate surface area is 122 Å². The molecule has 0 bridgehead atoms. The van der Waals surface area contributed by atoms with Crippen LogP contribution in [0.3, 0.4) is 0 Å². The van der Waals surface area contributed by atoms with E-state index in [4.69, 9.17) is 16.3 Å². The molecule has 0 spiro atoms. The Bertz CT molecular complexity index is 421. The van der Waals surface area contributed by atoms with Crippen LogP contribution in [-0.2, 0) is 0 Å². The van der Waals surface area contributed by atoms with Crippen LogP contribution in [0.1, 0.15) is 32.6 Å². The lowest BCUT2D eigenvalue weighted by Gasteiger charge is -2.19. The molecule has 1 aromatic rings. The van der Waals surface area contributed by atoms with E-state index >= 15 is 0 Å². The average Bonchev–Trinajstić information content (AvgIpc) is 2.83. The number of thioether (sulfide) groups is 1. The Balaban J connectivity index is 2.04. The molecule has 1 N–H and O–H groups in total. The van der Waals surface area contributed by atoms with Gasteiger partial charge in [0.1, 0.15) is 0 Å². The van der Waals surface area contributed by atoms with Gasteiger partial charge in [-0.1, -0.05) is 13.3 Å². The second-order valence-corrected chi connectivity index (χ2v) is 5.93. The maximum atomic E-state index is 5.90. The smallest absolute Gasteiger partial charge is 0.322 e. The summed E-state index contributed by atoms with van der Waals surface area (Å²) in [7, 11) is 0. The maximum Gasteiger partial charge on any atom is 0.322 e. The molecule has 106 valence electrons. The third-order valence-electron chi connectivity index (χ3n) is 3.09. The van der Waals surface area contributed by atoms with Crippen molar-refractivity contribution in [2.24, 2.45) is 0 Å². The van der Waals surface area contributed by atoms with E-state index in [9.17, 15) is 0 Å². The summed E-state index contributed by atoms with van der Waals surface area (Å²) in [6.07, 6.45) is 6.65. The topological polar surface area (TPSA) is 59.9 Å². The fraction of sp³-hybridized carbons (Fsp3) is 0.750. The molecule has 2 unspecified atom stereocenters. The average molecular weight is 303 g/mol. The van der Waals surface area contributed by atoms with Crippen LogP contribution in [-0.4, -0.2) is 39.1 Å². The predicted octanol–water partition coefficient (Wildman–Crippen LogP) is 3.01. The van der Waals surface area contributed by atoms with Gasteiger partial charge in [0.2, 0.25) is 11.2 Å². The second kappa shape index (κ2) is 7.14. The van der Waals surface area contributed by atoms with Crippen LogP contribution in [0.25, 0.3) is 0 Å². The first-order chi connectivity index (χ1) is 9.22. The van der Waals surface area contributed by atoms with Crippen molar-refractivity contribution in [2.75, 3.05) is 18.2 Å². The van der Waals surface area contributed by atoms with Gasteiger partial charge in [0.25, 0.3) is 0 Å². The Morgan fingerprint density at radius 1 is 1.37 bits per heavy atom. The van der Waals surface area contributed by atoms with E-state index in [2.05, 4.69) is 26.5 Å². The highest BCUT2D eigenvalue weighted by atomic mass is 35.5. The molecule has 0 aliphatic heterocycles. The number of hydrogen-bond acceptors (Lipinski definition) is 6. The van der Waals surface area contributed by atoms with E-state index in [1.165, 1.54) is 12.8 Å². The van der Waals surface area contributed by atoms with Crippen molar-refractivity contribution in [1.29, 1.82) is 0 Å². The first kappa shape index (κ1) is 14.7. The van der Waals surface area contributed by atoms with Crippen LogP contribution in [0.15, 0.2) is 0 Å². The first-order valence-corrected chi connectivity index (χ1v) is 8.23. The largest absolute Gasteiger partial charge is 0.463 e. The van der Waals surface area contributed by atoms with Gasteiger partial charge in [0, 0.05) is 11.3 Å². The summed E-state index contributed by atoms with van der Waals surface area (Å²) in [5.41, 5.74) is 0. The van der Waals surface area contributed by atoms with Crippen LogP contribution >= 0.6 is 23.4 Å². The zero-order valence-electron chi connectivity index (χ0n) is 11.2. The molecule has 0 aromatic carbocycles. The molecular formula is C12H19ClN4OS. The van der Waals surface area contributed by atoms with E-state index < -0.39 is 0 Å². The highest BCUT2D eigenvalue weighted by Gasteiger charge is 2.27. The molecule has 0 amide bonds. The maximum absolute atomic E-state index is 5.90. The molecule has 2 atom stereocenters. The lowest BCUT2D eigenvalue weighted by Crippen LogP contribution is -2.27. The Morgan fingerprint density at radius 3 is 2.95 bits per heavy atom. The van der Waals surface area contributed by atoms with Crippen LogP contribution in [0.5, 0.6) is 6.01 Å². The highest BCUT2D eigenvalue weighted by Crippen LogP contribution is 2.30. The zero-order chi connectivity index (χ0) is 13.7. The van der Waals surface area contributed by atoms with Gasteiger partial charge in [-0.2, -0.15) is 26.7 Å². The van der Waals surface area contributed by atoms with Crippen molar-refractivity contribution in [3.8, 4) is 6.01 Å². The van der Waals surface area contributed by atoms with Crippen LogP contribution in [0.4, 0.5) is 5.95 Å². The zero-order valence-corrected chi connectivity index (χ0v) is 12.8. The van der Waals surface area contributed by atoms with Gasteiger partial charge in [0.15, 0.2) is 0 Å². The molecular weight excluding hydrogens is 284 g/mol. The molecule has 1 aromatic heterocycles. The Hall–Kier alpha value is -0.750. The molecule has 7 heteroatoms. The standard InChI is InChI=1S/C12H19ClN4OS/c1-3-7-18-12-16-10(13)15-11(17-12)14-8-5-4-6-9(8)19-2/h8-9H,3-7H2,1-2H3,(H,14,15,16,17). The van der Waals surface area contributed by atoms with Gasteiger partial charge < -0.3 is 10.1 Å². The summed E-state index contributed by atoms with van der Waals surface area (Å²) in [4.78, 5) is 12.3.